The number of aromatic nitrogens is 2. The van der Waals surface area contributed by atoms with Crippen LogP contribution in [-0.2, 0) is 11.8 Å². The smallest absolute Gasteiger partial charge is 0.272 e. The van der Waals surface area contributed by atoms with Gasteiger partial charge in [0.25, 0.3) is 5.91 Å². The molecule has 7 heteroatoms. The van der Waals surface area contributed by atoms with E-state index in [1.165, 1.54) is 10.9 Å². The van der Waals surface area contributed by atoms with Gasteiger partial charge in [-0.1, -0.05) is 0 Å². The molecule has 1 aliphatic heterocycles. The SMILES string of the molecule is CC(NC(=O)c1c(N)cnn1C)C(=O)N1CCCC1. The zero-order chi connectivity index (χ0) is 14.0. The molecule has 1 aromatic rings. The van der Waals surface area contributed by atoms with Crippen LogP contribution in [0.15, 0.2) is 6.20 Å². The molecule has 0 aliphatic carbocycles. The monoisotopic (exact) mass is 265 g/mol. The quantitative estimate of drug-likeness (QED) is 0.787. The van der Waals surface area contributed by atoms with Crippen LogP contribution in [0.25, 0.3) is 0 Å². The van der Waals surface area contributed by atoms with Crippen molar-refractivity contribution in [1.82, 2.24) is 20.0 Å². The molecule has 1 aliphatic rings. The van der Waals surface area contributed by atoms with E-state index in [0.717, 1.165) is 25.9 Å². The molecule has 2 amide bonds. The first-order valence-corrected chi connectivity index (χ1v) is 6.38. The summed E-state index contributed by atoms with van der Waals surface area (Å²) in [5, 5.41) is 6.57. The Morgan fingerprint density at radius 2 is 2.05 bits per heavy atom. The van der Waals surface area contributed by atoms with Gasteiger partial charge in [-0.3, -0.25) is 14.3 Å². The van der Waals surface area contributed by atoms with Gasteiger partial charge in [-0.2, -0.15) is 5.10 Å². The van der Waals surface area contributed by atoms with Gasteiger partial charge in [0.15, 0.2) is 0 Å². The Hall–Kier alpha value is -2.05. The minimum absolute atomic E-state index is 0.0495. The number of amides is 2. The maximum atomic E-state index is 12.1. The summed E-state index contributed by atoms with van der Waals surface area (Å²) in [6, 6.07) is -0.556. The van der Waals surface area contributed by atoms with Gasteiger partial charge in [0.05, 0.1) is 11.9 Å². The summed E-state index contributed by atoms with van der Waals surface area (Å²) in [6.07, 6.45) is 3.48. The van der Waals surface area contributed by atoms with Crippen LogP contribution in [0.4, 0.5) is 5.69 Å². The van der Waals surface area contributed by atoms with Crippen molar-refractivity contribution in [1.29, 1.82) is 0 Å². The van der Waals surface area contributed by atoms with E-state index in [4.69, 9.17) is 5.73 Å². The van der Waals surface area contributed by atoms with Crippen LogP contribution in [0.3, 0.4) is 0 Å². The normalized spacial score (nSPS) is 16.4. The fraction of sp³-hybridized carbons (Fsp3) is 0.583. The molecule has 0 bridgehead atoms. The van der Waals surface area contributed by atoms with Crippen LogP contribution < -0.4 is 11.1 Å². The van der Waals surface area contributed by atoms with E-state index in [1.54, 1.807) is 18.9 Å². The third kappa shape index (κ3) is 2.69. The molecule has 1 aromatic heterocycles. The number of aryl methyl sites for hydroxylation is 1. The first-order chi connectivity index (χ1) is 9.00. The van der Waals surface area contributed by atoms with E-state index in [-0.39, 0.29) is 17.5 Å². The predicted octanol–water partition coefficient (Wildman–Crippen LogP) is -0.257. The van der Waals surface area contributed by atoms with E-state index >= 15 is 0 Å². The molecule has 1 atom stereocenters. The third-order valence-electron chi connectivity index (χ3n) is 3.32. The maximum absolute atomic E-state index is 12.1. The lowest BCUT2D eigenvalue weighted by Gasteiger charge is -2.21. The Bertz CT molecular complexity index is 471. The Balaban J connectivity index is 2.00. The lowest BCUT2D eigenvalue weighted by atomic mass is 10.2. The van der Waals surface area contributed by atoms with Gasteiger partial charge in [0, 0.05) is 20.1 Å². The van der Waals surface area contributed by atoms with Crippen molar-refractivity contribution in [3.05, 3.63) is 11.9 Å². The Morgan fingerprint density at radius 1 is 1.42 bits per heavy atom. The zero-order valence-electron chi connectivity index (χ0n) is 11.2. The number of nitrogens with zero attached hydrogens (tertiary/aromatic N) is 3. The molecule has 0 aromatic carbocycles. The van der Waals surface area contributed by atoms with E-state index in [0.29, 0.717) is 5.69 Å². The second-order valence-corrected chi connectivity index (χ2v) is 4.80. The van der Waals surface area contributed by atoms with Gasteiger partial charge >= 0.3 is 0 Å². The Morgan fingerprint density at radius 3 is 2.58 bits per heavy atom. The summed E-state index contributed by atoms with van der Waals surface area (Å²) in [4.78, 5) is 25.9. The molecular formula is C12H19N5O2. The van der Waals surface area contributed by atoms with E-state index in [9.17, 15) is 9.59 Å². The highest BCUT2D eigenvalue weighted by atomic mass is 16.2. The van der Waals surface area contributed by atoms with Crippen molar-refractivity contribution in [2.75, 3.05) is 18.8 Å². The highest BCUT2D eigenvalue weighted by Crippen LogP contribution is 2.11. The van der Waals surface area contributed by atoms with Gasteiger partial charge in [0.1, 0.15) is 11.7 Å². The number of hydrogen-bond acceptors (Lipinski definition) is 4. The predicted molar refractivity (Wildman–Crippen MR) is 70.4 cm³/mol. The standard InChI is InChI=1S/C12H19N5O2/c1-8(12(19)17-5-3-4-6-17)15-11(18)10-9(13)7-14-16(10)2/h7-8H,3-6,13H2,1-2H3,(H,15,18). The van der Waals surface area contributed by atoms with E-state index < -0.39 is 6.04 Å². The van der Waals surface area contributed by atoms with E-state index in [1.807, 2.05) is 0 Å². The first kappa shape index (κ1) is 13.4. The molecule has 2 heterocycles. The zero-order valence-corrected chi connectivity index (χ0v) is 11.2. The second-order valence-electron chi connectivity index (χ2n) is 4.80. The number of nitrogens with two attached hydrogens (primary N) is 1. The number of nitrogen functional groups attached to an aromatic ring is 1. The van der Waals surface area contributed by atoms with Crippen molar-refractivity contribution in [3.63, 3.8) is 0 Å². The number of carbonyl (C=O) groups excluding carboxylic acids is 2. The van der Waals surface area contributed by atoms with Crippen molar-refractivity contribution in [2.24, 2.45) is 7.05 Å². The average Bonchev–Trinajstić information content (AvgIpc) is 2.98. The highest BCUT2D eigenvalue weighted by molar-refractivity contribution is 5.99. The summed E-state index contributed by atoms with van der Waals surface area (Å²) in [6.45, 7) is 3.23. The Kier molecular flexibility index (Phi) is 3.73. The minimum atomic E-state index is -0.556. The number of anilines is 1. The minimum Gasteiger partial charge on any atom is -0.396 e. The fourth-order valence-electron chi connectivity index (χ4n) is 2.27. The van der Waals surface area contributed by atoms with Crippen LogP contribution in [-0.4, -0.2) is 45.6 Å². The van der Waals surface area contributed by atoms with Crippen molar-refractivity contribution in [3.8, 4) is 0 Å². The summed E-state index contributed by atoms with van der Waals surface area (Å²) in [5.74, 6) is -0.427. The molecule has 104 valence electrons. The lowest BCUT2D eigenvalue weighted by Crippen LogP contribution is -2.46. The average molecular weight is 265 g/mol. The van der Waals surface area contributed by atoms with E-state index in [2.05, 4.69) is 10.4 Å². The number of carbonyl (C=O) groups is 2. The van der Waals surface area contributed by atoms with Crippen molar-refractivity contribution >= 4 is 17.5 Å². The lowest BCUT2D eigenvalue weighted by molar-refractivity contribution is -0.131. The number of rotatable bonds is 3. The molecule has 0 saturated carbocycles. The summed E-state index contributed by atoms with van der Waals surface area (Å²) >= 11 is 0. The van der Waals surface area contributed by atoms with Crippen LogP contribution in [0.1, 0.15) is 30.3 Å². The van der Waals surface area contributed by atoms with Gasteiger partial charge in [-0.05, 0) is 19.8 Å². The second kappa shape index (κ2) is 5.29. The Labute approximate surface area is 111 Å². The first-order valence-electron chi connectivity index (χ1n) is 6.38. The molecule has 3 N–H and O–H groups in total. The molecule has 1 saturated heterocycles. The van der Waals surface area contributed by atoms with Gasteiger partial charge in [0.2, 0.25) is 5.91 Å². The molecule has 0 spiro atoms. The van der Waals surface area contributed by atoms with Crippen molar-refractivity contribution < 1.29 is 9.59 Å². The molecular weight excluding hydrogens is 246 g/mol. The molecule has 7 nitrogen and oxygen atoms in total. The van der Waals surface area contributed by atoms with Gasteiger partial charge < -0.3 is 16.0 Å². The van der Waals surface area contributed by atoms with Gasteiger partial charge in [-0.25, -0.2) is 0 Å². The number of nitrogens with one attached hydrogen (secondary N) is 1. The van der Waals surface area contributed by atoms with Crippen LogP contribution in [0.5, 0.6) is 0 Å². The van der Waals surface area contributed by atoms with Crippen LogP contribution in [0.2, 0.25) is 0 Å². The highest BCUT2D eigenvalue weighted by Gasteiger charge is 2.26. The number of hydrogen-bond donors (Lipinski definition) is 2. The topological polar surface area (TPSA) is 93.2 Å². The molecule has 2 rings (SSSR count). The summed E-state index contributed by atoms with van der Waals surface area (Å²) in [7, 11) is 1.64. The van der Waals surface area contributed by atoms with Gasteiger partial charge in [-0.15, -0.1) is 0 Å². The van der Waals surface area contributed by atoms with Crippen LogP contribution >= 0.6 is 0 Å². The molecule has 0 radical (unpaired) electrons. The summed E-state index contributed by atoms with van der Waals surface area (Å²) in [5.41, 5.74) is 6.26. The van der Waals surface area contributed by atoms with Crippen molar-refractivity contribution in [2.45, 2.75) is 25.8 Å². The molecule has 1 unspecified atom stereocenters. The molecule has 1 fully saturated rings. The molecule has 19 heavy (non-hydrogen) atoms. The van der Waals surface area contributed by atoms with Crippen LogP contribution in [0, 0.1) is 0 Å². The third-order valence-corrected chi connectivity index (χ3v) is 3.32. The largest absolute Gasteiger partial charge is 0.396 e. The summed E-state index contributed by atoms with van der Waals surface area (Å²) < 4.78 is 1.40. The fourth-order valence-corrected chi connectivity index (χ4v) is 2.27. The maximum Gasteiger partial charge on any atom is 0.272 e. The number of likely N-dealkylation sites (tertiary alicyclic amines) is 1.